The number of carbonyl (C=O) groups excluding carboxylic acids is 3. The molecule has 3 aromatic rings. The fraction of sp³-hybridized carbons (Fsp3) is 0.529. The molecule has 2 aliphatic heterocycles. The van der Waals surface area contributed by atoms with Crippen LogP contribution in [0.25, 0.3) is 11.0 Å². The normalized spacial score (nSPS) is 23.1. The number of nitrogens with two attached hydrogens (primary N) is 1. The van der Waals surface area contributed by atoms with Crippen molar-refractivity contribution >= 4 is 40.6 Å². The van der Waals surface area contributed by atoms with Crippen LogP contribution >= 0.6 is 0 Å². The highest BCUT2D eigenvalue weighted by molar-refractivity contribution is 5.95. The molecule has 2 saturated heterocycles. The Morgan fingerprint density at radius 2 is 1.85 bits per heavy atom. The van der Waals surface area contributed by atoms with Crippen LogP contribution in [-0.4, -0.2) is 147 Å². The predicted molar refractivity (Wildman–Crippen MR) is 186 cm³/mol. The summed E-state index contributed by atoms with van der Waals surface area (Å²) >= 11 is 0. The van der Waals surface area contributed by atoms with Crippen molar-refractivity contribution in [3.05, 3.63) is 42.4 Å². The lowest BCUT2D eigenvalue weighted by Crippen LogP contribution is -2.54. The Hall–Kier alpha value is -5.22. The molecule has 18 nitrogen and oxygen atoms in total. The number of likely N-dealkylation sites (N-methyl/N-ethyl adjacent to an activating group) is 3. The highest BCUT2D eigenvalue weighted by Gasteiger charge is 2.39. The van der Waals surface area contributed by atoms with Crippen LogP contribution in [0.5, 0.6) is 5.75 Å². The van der Waals surface area contributed by atoms with Crippen molar-refractivity contribution in [1.82, 2.24) is 29.2 Å². The summed E-state index contributed by atoms with van der Waals surface area (Å²) in [6.07, 6.45) is -2.36. The summed E-state index contributed by atoms with van der Waals surface area (Å²) in [7, 11) is 5.07. The second-order valence-electron chi connectivity index (χ2n) is 13.2. The number of benzene rings is 1. The lowest BCUT2D eigenvalue weighted by molar-refractivity contribution is -0.241. The molecule has 0 saturated carbocycles. The van der Waals surface area contributed by atoms with Crippen molar-refractivity contribution in [1.29, 1.82) is 5.26 Å². The van der Waals surface area contributed by atoms with Gasteiger partial charge in [0, 0.05) is 53.5 Å². The van der Waals surface area contributed by atoms with Gasteiger partial charge in [-0.2, -0.15) is 5.26 Å². The molecule has 5 N–H and O–H groups in total. The number of aliphatic hydroxyl groups excluding tert-OH is 3. The Morgan fingerprint density at radius 1 is 1.10 bits per heavy atom. The third-order valence-electron chi connectivity index (χ3n) is 9.54. The Balaban J connectivity index is 1.14. The molecule has 6 atom stereocenters. The number of likely N-dealkylation sites (tertiary alicyclic amines) is 1. The molecule has 0 aliphatic carbocycles. The molecule has 2 aromatic heterocycles. The summed E-state index contributed by atoms with van der Waals surface area (Å²) < 4.78 is 17.7. The molecular weight excluding hydrogens is 678 g/mol. The van der Waals surface area contributed by atoms with E-state index in [0.717, 1.165) is 6.42 Å². The molecule has 4 heterocycles. The number of hydrogen-bond acceptors (Lipinski definition) is 14. The van der Waals surface area contributed by atoms with Crippen molar-refractivity contribution in [2.45, 2.75) is 57.0 Å². The average molecular weight is 724 g/mol. The fourth-order valence-corrected chi connectivity index (χ4v) is 6.22. The molecule has 280 valence electrons. The summed E-state index contributed by atoms with van der Waals surface area (Å²) in [5.41, 5.74) is 7.24. The van der Waals surface area contributed by atoms with E-state index in [1.165, 1.54) is 32.8 Å². The summed E-state index contributed by atoms with van der Waals surface area (Å²) in [5.74, 6) is 0.855. The highest BCUT2D eigenvalue weighted by Crippen LogP contribution is 2.30. The zero-order valence-corrected chi connectivity index (χ0v) is 29.5. The minimum atomic E-state index is -1.48. The van der Waals surface area contributed by atoms with Gasteiger partial charge in [0.15, 0.2) is 5.65 Å². The topological polar surface area (TPSA) is 233 Å². The monoisotopic (exact) mass is 723 g/mol. The van der Waals surface area contributed by atoms with Gasteiger partial charge < -0.3 is 54.9 Å². The maximum atomic E-state index is 13.5. The molecule has 0 radical (unpaired) electrons. The number of anilines is 2. The van der Waals surface area contributed by atoms with Gasteiger partial charge in [-0.3, -0.25) is 9.36 Å². The molecule has 0 unspecified atom stereocenters. The molecule has 52 heavy (non-hydrogen) atoms. The molecule has 0 bridgehead atoms. The van der Waals surface area contributed by atoms with Crippen LogP contribution in [-0.2, 0) is 20.9 Å². The van der Waals surface area contributed by atoms with Gasteiger partial charge in [0.2, 0.25) is 12.2 Å². The number of aromatic nitrogens is 3. The van der Waals surface area contributed by atoms with Crippen molar-refractivity contribution in [3.63, 3.8) is 0 Å². The summed E-state index contributed by atoms with van der Waals surface area (Å²) in [4.78, 5) is 54.1. The molecular formula is C34H45N9O9. The van der Waals surface area contributed by atoms with Crippen LogP contribution in [0, 0.1) is 17.2 Å². The van der Waals surface area contributed by atoms with Crippen LogP contribution < -0.4 is 15.4 Å². The summed E-state index contributed by atoms with van der Waals surface area (Å²) in [6.45, 7) is 3.21. The Morgan fingerprint density at radius 3 is 2.58 bits per heavy atom. The van der Waals surface area contributed by atoms with Crippen molar-refractivity contribution in [2.75, 3.05) is 64.6 Å². The first kappa shape index (κ1) is 38.0. The van der Waals surface area contributed by atoms with E-state index in [-0.39, 0.29) is 68.1 Å². The maximum Gasteiger partial charge on any atom is 0.409 e. The number of nitrogens with zero attached hydrogens (tertiary/aromatic N) is 8. The number of aliphatic hydroxyl groups is 3. The predicted octanol–water partition coefficient (Wildman–Crippen LogP) is 0.587. The van der Waals surface area contributed by atoms with E-state index in [4.69, 9.17) is 25.2 Å². The zero-order chi connectivity index (χ0) is 37.7. The van der Waals surface area contributed by atoms with E-state index in [1.54, 1.807) is 37.3 Å². The van der Waals surface area contributed by atoms with Gasteiger partial charge in [0.25, 0.3) is 0 Å². The van der Waals surface area contributed by atoms with Crippen LogP contribution in [0.4, 0.5) is 21.1 Å². The van der Waals surface area contributed by atoms with E-state index in [0.29, 0.717) is 35.5 Å². The first-order valence-electron chi connectivity index (χ1n) is 16.8. The number of ether oxygens (including phenoxy) is 3. The minimum absolute atomic E-state index is 0.0546. The molecule has 1 aromatic carbocycles. The maximum absolute atomic E-state index is 13.5. The average Bonchev–Trinajstić information content (AvgIpc) is 3.58. The smallest absolute Gasteiger partial charge is 0.409 e. The fourth-order valence-electron chi connectivity index (χ4n) is 6.22. The van der Waals surface area contributed by atoms with Gasteiger partial charge in [-0.15, -0.1) is 0 Å². The first-order valence-corrected chi connectivity index (χ1v) is 16.8. The van der Waals surface area contributed by atoms with Gasteiger partial charge in [0.1, 0.15) is 49.2 Å². The van der Waals surface area contributed by atoms with E-state index in [1.807, 2.05) is 18.0 Å². The molecule has 0 spiro atoms. The van der Waals surface area contributed by atoms with Gasteiger partial charge in [0.05, 0.1) is 29.8 Å². The number of piperidine rings is 1. The number of carbonyl (C=O) groups is 3. The Bertz CT molecular complexity index is 1800. The Labute approximate surface area is 300 Å². The molecule has 5 rings (SSSR count). The quantitative estimate of drug-likeness (QED) is 0.210. The third kappa shape index (κ3) is 8.29. The summed E-state index contributed by atoms with van der Waals surface area (Å²) in [5, 5.41) is 39.2. The van der Waals surface area contributed by atoms with Gasteiger partial charge in [-0.25, -0.2) is 19.6 Å². The molecule has 18 heteroatoms. The largest absolute Gasteiger partial charge is 0.460 e. The van der Waals surface area contributed by atoms with E-state index >= 15 is 0 Å². The SMILES string of the molecule is C[C@@H]1CCN(C(=O)CC#N)C[C@@H]1N(C)c1ncnc2c1ccn2C(=O)N(C)CCN(C)C(=O)OCc1ccc(O[C@@H]2OC[C@@H](O)[C@H](O)[C@H]2O)c(N)c1. The van der Waals surface area contributed by atoms with E-state index < -0.39 is 30.7 Å². The van der Waals surface area contributed by atoms with Gasteiger partial charge in [-0.1, -0.05) is 13.0 Å². The second kappa shape index (κ2) is 16.4. The van der Waals surface area contributed by atoms with E-state index in [2.05, 4.69) is 16.9 Å². The molecule has 3 amide bonds. The van der Waals surface area contributed by atoms with Crippen LogP contribution in [0.15, 0.2) is 36.8 Å². The van der Waals surface area contributed by atoms with Crippen LogP contribution in [0.2, 0.25) is 0 Å². The number of fused-ring (bicyclic) bond motifs is 1. The van der Waals surface area contributed by atoms with Crippen molar-refractivity contribution in [2.24, 2.45) is 5.92 Å². The highest BCUT2D eigenvalue weighted by atomic mass is 16.7. The standard InChI is InChI=1S/C34H45N9O9/c1-20-8-11-42(27(45)7-10-35)16-24(20)41(4)30-22-9-12-43(31(22)38-19-37-30)33(48)39(2)13-14-40(3)34(49)51-17-21-5-6-26(23(36)15-21)52-32-29(47)28(46)25(44)18-50-32/h5-6,9,12,15,19-20,24-25,28-29,32,44,46-47H,7-8,11,13-14,16-18,36H2,1-4H3/t20-,24+,25-,28+,29-,32+/m1/s1. The lowest BCUT2D eigenvalue weighted by atomic mass is 9.92. The first-order chi connectivity index (χ1) is 24.8. The Kier molecular flexibility index (Phi) is 12.0. The van der Waals surface area contributed by atoms with Gasteiger partial charge in [-0.05, 0) is 36.1 Å². The molecule has 2 aliphatic rings. The number of amides is 3. The number of hydrogen-bond donors (Lipinski definition) is 4. The van der Waals surface area contributed by atoms with Crippen molar-refractivity contribution in [3.8, 4) is 11.8 Å². The van der Waals surface area contributed by atoms with Gasteiger partial charge >= 0.3 is 12.1 Å². The second-order valence-corrected chi connectivity index (χ2v) is 13.2. The minimum Gasteiger partial charge on any atom is -0.460 e. The van der Waals surface area contributed by atoms with Crippen molar-refractivity contribution < 1.29 is 43.9 Å². The molecule has 2 fully saturated rings. The van der Waals surface area contributed by atoms with E-state index in [9.17, 15) is 29.7 Å². The number of nitriles is 1. The number of rotatable bonds is 10. The van der Waals surface area contributed by atoms with Crippen LogP contribution in [0.1, 0.15) is 25.3 Å². The zero-order valence-electron chi connectivity index (χ0n) is 29.5. The summed E-state index contributed by atoms with van der Waals surface area (Å²) in [6, 6.07) is 7.95. The van der Waals surface area contributed by atoms with Crippen LogP contribution in [0.3, 0.4) is 0 Å². The third-order valence-corrected chi connectivity index (χ3v) is 9.54. The number of nitrogen functional groups attached to an aromatic ring is 1. The lowest BCUT2D eigenvalue weighted by Gasteiger charge is -2.42.